The number of aromatic nitrogens is 3. The molecular formula is C21H16ClFN4O2S. The average molecular weight is 443 g/mol. The van der Waals surface area contributed by atoms with Crippen molar-refractivity contribution in [2.24, 2.45) is 0 Å². The predicted octanol–water partition coefficient (Wildman–Crippen LogP) is 5.36. The van der Waals surface area contributed by atoms with E-state index in [2.05, 4.69) is 15.5 Å². The largest absolute Gasteiger partial charge is 0.469 e. The number of anilines is 1. The minimum absolute atomic E-state index is 0.0515. The van der Waals surface area contributed by atoms with Gasteiger partial charge in [0.25, 0.3) is 0 Å². The van der Waals surface area contributed by atoms with Gasteiger partial charge < -0.3 is 9.73 Å². The van der Waals surface area contributed by atoms with Crippen LogP contribution in [0.1, 0.15) is 5.76 Å². The van der Waals surface area contributed by atoms with Crippen LogP contribution in [0.3, 0.4) is 0 Å². The third-order valence-electron chi connectivity index (χ3n) is 4.28. The highest BCUT2D eigenvalue weighted by Gasteiger charge is 2.19. The van der Waals surface area contributed by atoms with Crippen molar-refractivity contribution in [2.75, 3.05) is 11.1 Å². The summed E-state index contributed by atoms with van der Waals surface area (Å²) in [6.07, 6.45) is 1.60. The van der Waals surface area contributed by atoms with Gasteiger partial charge in [-0.1, -0.05) is 41.6 Å². The Hall–Kier alpha value is -3.10. The van der Waals surface area contributed by atoms with Gasteiger partial charge in [-0.2, -0.15) is 0 Å². The lowest BCUT2D eigenvalue weighted by molar-refractivity contribution is -0.113. The molecule has 0 spiro atoms. The summed E-state index contributed by atoms with van der Waals surface area (Å²) in [6.45, 7) is 1.85. The summed E-state index contributed by atoms with van der Waals surface area (Å²) < 4.78 is 20.6. The SMILES string of the molecule is Cc1occc1-c1nnc(SCC(=O)Nc2ccc(F)c(Cl)c2)n1-c1ccccc1. The fourth-order valence-electron chi connectivity index (χ4n) is 2.87. The van der Waals surface area contributed by atoms with Crippen LogP contribution in [-0.4, -0.2) is 26.4 Å². The van der Waals surface area contributed by atoms with Gasteiger partial charge in [-0.15, -0.1) is 10.2 Å². The van der Waals surface area contributed by atoms with Gasteiger partial charge in [0.15, 0.2) is 11.0 Å². The molecule has 2 heterocycles. The van der Waals surface area contributed by atoms with Gasteiger partial charge in [-0.3, -0.25) is 9.36 Å². The summed E-state index contributed by atoms with van der Waals surface area (Å²) in [5, 5.41) is 11.8. The fourth-order valence-corrected chi connectivity index (χ4v) is 3.80. The number of furan rings is 1. The minimum Gasteiger partial charge on any atom is -0.469 e. The van der Waals surface area contributed by atoms with Crippen LogP contribution >= 0.6 is 23.4 Å². The number of benzene rings is 2. The lowest BCUT2D eigenvalue weighted by Crippen LogP contribution is -2.14. The molecule has 2 aromatic heterocycles. The number of hydrogen-bond acceptors (Lipinski definition) is 5. The second kappa shape index (κ2) is 8.73. The lowest BCUT2D eigenvalue weighted by Gasteiger charge is -2.10. The Kier molecular flexibility index (Phi) is 5.87. The van der Waals surface area contributed by atoms with Gasteiger partial charge in [0.05, 0.1) is 22.6 Å². The van der Waals surface area contributed by atoms with Crippen LogP contribution in [-0.2, 0) is 4.79 Å². The summed E-state index contributed by atoms with van der Waals surface area (Å²) in [5.74, 6) is 0.626. The molecule has 0 atom stereocenters. The first kappa shape index (κ1) is 20.2. The van der Waals surface area contributed by atoms with Gasteiger partial charge >= 0.3 is 0 Å². The van der Waals surface area contributed by atoms with Crippen molar-refractivity contribution in [1.82, 2.24) is 14.8 Å². The van der Waals surface area contributed by atoms with Gasteiger partial charge in [-0.05, 0) is 43.3 Å². The van der Waals surface area contributed by atoms with Gasteiger partial charge in [-0.25, -0.2) is 4.39 Å². The van der Waals surface area contributed by atoms with E-state index in [-0.39, 0.29) is 16.7 Å². The Morgan fingerprint density at radius 3 is 2.70 bits per heavy atom. The number of para-hydroxylation sites is 1. The van der Waals surface area contributed by atoms with Gasteiger partial charge in [0, 0.05) is 11.4 Å². The summed E-state index contributed by atoms with van der Waals surface area (Å²) >= 11 is 7.00. The maximum atomic E-state index is 13.3. The standard InChI is InChI=1S/C21H16ClFN4O2S/c1-13-16(9-10-29-13)20-25-26-21(27(20)15-5-3-2-4-6-15)30-12-19(28)24-14-7-8-18(23)17(22)11-14/h2-11H,12H2,1H3,(H,24,28). The number of aryl methyl sites for hydroxylation is 1. The molecule has 30 heavy (non-hydrogen) atoms. The lowest BCUT2D eigenvalue weighted by atomic mass is 10.2. The number of nitrogens with zero attached hydrogens (tertiary/aromatic N) is 3. The average Bonchev–Trinajstić information content (AvgIpc) is 3.35. The fraction of sp³-hybridized carbons (Fsp3) is 0.0952. The van der Waals surface area contributed by atoms with E-state index in [1.165, 1.54) is 30.0 Å². The van der Waals surface area contributed by atoms with Crippen molar-refractivity contribution in [3.63, 3.8) is 0 Å². The van der Waals surface area contributed by atoms with E-state index < -0.39 is 5.82 Å². The molecule has 0 bridgehead atoms. The van der Waals surface area contributed by atoms with Crippen LogP contribution < -0.4 is 5.32 Å². The predicted molar refractivity (Wildman–Crippen MR) is 115 cm³/mol. The molecule has 0 aliphatic carbocycles. The van der Waals surface area contributed by atoms with Crippen LogP contribution in [0, 0.1) is 12.7 Å². The van der Waals surface area contributed by atoms with Crippen molar-refractivity contribution >= 4 is 35.0 Å². The van der Waals surface area contributed by atoms with Crippen LogP contribution in [0.4, 0.5) is 10.1 Å². The van der Waals surface area contributed by atoms with E-state index in [1.54, 1.807) is 6.26 Å². The van der Waals surface area contributed by atoms with E-state index in [0.717, 1.165) is 17.0 Å². The van der Waals surface area contributed by atoms with E-state index >= 15 is 0 Å². The molecule has 9 heteroatoms. The van der Waals surface area contributed by atoms with Crippen LogP contribution in [0.2, 0.25) is 5.02 Å². The first-order chi connectivity index (χ1) is 14.5. The number of nitrogens with one attached hydrogen (secondary N) is 1. The molecule has 0 saturated carbocycles. The Labute approximate surface area is 181 Å². The Balaban J connectivity index is 1.57. The first-order valence-electron chi connectivity index (χ1n) is 8.96. The highest BCUT2D eigenvalue weighted by atomic mass is 35.5. The molecular weight excluding hydrogens is 427 g/mol. The molecule has 4 rings (SSSR count). The zero-order valence-corrected chi connectivity index (χ0v) is 17.4. The highest BCUT2D eigenvalue weighted by Crippen LogP contribution is 2.30. The minimum atomic E-state index is -0.540. The number of rotatable bonds is 6. The van der Waals surface area contributed by atoms with Gasteiger partial charge in [0.1, 0.15) is 11.6 Å². The van der Waals surface area contributed by atoms with Gasteiger partial charge in [0.2, 0.25) is 5.91 Å². The third-order valence-corrected chi connectivity index (χ3v) is 5.50. The molecule has 0 unspecified atom stereocenters. The summed E-state index contributed by atoms with van der Waals surface area (Å²) in [5.41, 5.74) is 2.11. The monoisotopic (exact) mass is 442 g/mol. The number of carbonyl (C=O) groups is 1. The zero-order chi connectivity index (χ0) is 21.1. The quantitative estimate of drug-likeness (QED) is 0.407. The number of hydrogen-bond donors (Lipinski definition) is 1. The van der Waals surface area contributed by atoms with Crippen molar-refractivity contribution < 1.29 is 13.6 Å². The molecule has 6 nitrogen and oxygen atoms in total. The summed E-state index contributed by atoms with van der Waals surface area (Å²) in [4.78, 5) is 12.4. The molecule has 2 aromatic carbocycles. The Morgan fingerprint density at radius 2 is 2.00 bits per heavy atom. The molecule has 0 radical (unpaired) electrons. The Morgan fingerprint density at radius 1 is 1.20 bits per heavy atom. The van der Waals surface area contributed by atoms with Crippen LogP contribution in [0.15, 0.2) is 70.4 Å². The smallest absolute Gasteiger partial charge is 0.234 e. The molecule has 4 aromatic rings. The number of halogens is 2. The molecule has 0 fully saturated rings. The summed E-state index contributed by atoms with van der Waals surface area (Å²) in [7, 11) is 0. The zero-order valence-electron chi connectivity index (χ0n) is 15.8. The summed E-state index contributed by atoms with van der Waals surface area (Å²) in [6, 6.07) is 15.5. The molecule has 152 valence electrons. The normalized spacial score (nSPS) is 10.9. The number of amides is 1. The van der Waals surface area contributed by atoms with Crippen LogP contribution in [0.5, 0.6) is 0 Å². The van der Waals surface area contributed by atoms with E-state index in [9.17, 15) is 9.18 Å². The second-order valence-electron chi connectivity index (χ2n) is 6.33. The maximum Gasteiger partial charge on any atom is 0.234 e. The van der Waals surface area contributed by atoms with Crippen molar-refractivity contribution in [3.8, 4) is 17.1 Å². The van der Waals surface area contributed by atoms with Crippen molar-refractivity contribution in [1.29, 1.82) is 0 Å². The molecule has 0 aliphatic rings. The topological polar surface area (TPSA) is 72.9 Å². The van der Waals surface area contributed by atoms with E-state index in [0.29, 0.717) is 16.7 Å². The van der Waals surface area contributed by atoms with Crippen molar-refractivity contribution in [2.45, 2.75) is 12.1 Å². The highest BCUT2D eigenvalue weighted by molar-refractivity contribution is 7.99. The molecule has 0 aliphatic heterocycles. The maximum absolute atomic E-state index is 13.3. The number of thioether (sulfide) groups is 1. The van der Waals surface area contributed by atoms with Crippen LogP contribution in [0.25, 0.3) is 17.1 Å². The number of carbonyl (C=O) groups excluding carboxylic acids is 1. The van der Waals surface area contributed by atoms with Crippen molar-refractivity contribution in [3.05, 3.63) is 77.5 Å². The molecule has 1 amide bonds. The molecule has 1 N–H and O–H groups in total. The second-order valence-corrected chi connectivity index (χ2v) is 7.68. The first-order valence-corrected chi connectivity index (χ1v) is 10.3. The molecule has 0 saturated heterocycles. The third kappa shape index (κ3) is 4.24. The van der Waals surface area contributed by atoms with E-state index in [4.69, 9.17) is 16.0 Å². The Bertz CT molecular complexity index is 1190. The van der Waals surface area contributed by atoms with E-state index in [1.807, 2.05) is 47.9 Å².